The molecular formula is C39H24N2OS2. The van der Waals surface area contributed by atoms with E-state index in [9.17, 15) is 0 Å². The molecule has 5 heteroatoms. The third kappa shape index (κ3) is 3.51. The molecule has 3 nitrogen and oxygen atoms in total. The van der Waals surface area contributed by atoms with E-state index < -0.39 is 0 Å². The lowest BCUT2D eigenvalue weighted by Gasteiger charge is -2.26. The van der Waals surface area contributed by atoms with Gasteiger partial charge in [0.2, 0.25) is 0 Å². The fourth-order valence-corrected chi connectivity index (χ4v) is 9.25. The van der Waals surface area contributed by atoms with Crippen LogP contribution in [0.3, 0.4) is 0 Å². The molecule has 0 N–H and O–H groups in total. The average molecular weight is 601 g/mol. The van der Waals surface area contributed by atoms with Crippen molar-refractivity contribution in [3.63, 3.8) is 0 Å². The first kappa shape index (κ1) is 24.5. The number of allylic oxidation sites excluding steroid dienone is 2. The topological polar surface area (TPSA) is 25.4 Å². The molecule has 8 aromatic rings. The van der Waals surface area contributed by atoms with Crippen molar-refractivity contribution >= 4 is 91.0 Å². The van der Waals surface area contributed by atoms with Gasteiger partial charge in [-0.15, -0.1) is 22.7 Å². The van der Waals surface area contributed by atoms with Crippen LogP contribution in [0.25, 0.3) is 51.1 Å². The van der Waals surface area contributed by atoms with Gasteiger partial charge in [0.15, 0.2) is 0 Å². The summed E-state index contributed by atoms with van der Waals surface area (Å²) in [6.07, 6.45) is 10.6. The molecule has 0 amide bonds. The molecule has 44 heavy (non-hydrogen) atoms. The summed E-state index contributed by atoms with van der Waals surface area (Å²) in [5, 5.41) is 7.42. The third-order valence-electron chi connectivity index (χ3n) is 9.06. The van der Waals surface area contributed by atoms with Crippen LogP contribution in [0.1, 0.15) is 11.5 Å². The molecule has 2 unspecified atom stereocenters. The summed E-state index contributed by atoms with van der Waals surface area (Å²) in [6.45, 7) is 0. The third-order valence-corrected chi connectivity index (χ3v) is 11.4. The maximum atomic E-state index is 6.38. The molecule has 1 aliphatic carbocycles. The van der Waals surface area contributed by atoms with Gasteiger partial charge in [-0.2, -0.15) is 0 Å². The number of fused-ring (bicyclic) bond motifs is 11. The molecular weight excluding hydrogens is 577 g/mol. The summed E-state index contributed by atoms with van der Waals surface area (Å²) in [7, 11) is 0. The molecule has 0 saturated carbocycles. The molecule has 0 fully saturated rings. The summed E-state index contributed by atoms with van der Waals surface area (Å²) in [4.78, 5) is 7.45. The number of nitrogens with zero attached hydrogens (tertiary/aromatic N) is 2. The first-order chi connectivity index (χ1) is 21.8. The molecule has 1 aliphatic heterocycles. The molecule has 0 spiro atoms. The predicted octanol–water partition coefficient (Wildman–Crippen LogP) is 11.4. The SMILES string of the molecule is C1=CC2Oc3ccc4c(N(c5ccc6sc7ccccc7c6c5)c5ccc6sc7ccccc7c6c5)nccc4c3C2C=C1. The van der Waals surface area contributed by atoms with Crippen LogP contribution >= 0.6 is 22.7 Å². The average Bonchev–Trinajstić information content (AvgIpc) is 3.76. The number of hydrogen-bond acceptors (Lipinski definition) is 5. The second-order valence-corrected chi connectivity index (χ2v) is 13.6. The summed E-state index contributed by atoms with van der Waals surface area (Å²) in [6, 6.07) is 37.6. The second kappa shape index (κ2) is 9.26. The van der Waals surface area contributed by atoms with Crippen molar-refractivity contribution in [3.05, 3.63) is 139 Å². The summed E-state index contributed by atoms with van der Waals surface area (Å²) in [5.74, 6) is 2.08. The minimum absolute atomic E-state index is 0.0388. The van der Waals surface area contributed by atoms with E-state index in [1.54, 1.807) is 0 Å². The molecule has 2 aliphatic rings. The second-order valence-electron chi connectivity index (χ2n) is 11.5. The molecule has 0 radical (unpaired) electrons. The van der Waals surface area contributed by atoms with Gasteiger partial charge in [0.1, 0.15) is 17.7 Å². The van der Waals surface area contributed by atoms with Crippen LogP contribution in [0.5, 0.6) is 5.75 Å². The van der Waals surface area contributed by atoms with Crippen molar-refractivity contribution in [2.45, 2.75) is 12.0 Å². The van der Waals surface area contributed by atoms with Crippen molar-refractivity contribution in [3.8, 4) is 5.75 Å². The first-order valence-electron chi connectivity index (χ1n) is 14.9. The van der Waals surface area contributed by atoms with Crippen LogP contribution in [-0.4, -0.2) is 11.1 Å². The normalized spacial score (nSPS) is 17.1. The Kier molecular flexibility index (Phi) is 5.15. The highest BCUT2D eigenvalue weighted by Crippen LogP contribution is 2.49. The Labute approximate surface area is 261 Å². The quantitative estimate of drug-likeness (QED) is 0.202. The summed E-state index contributed by atoms with van der Waals surface area (Å²) < 4.78 is 11.6. The zero-order chi connectivity index (χ0) is 28.8. The van der Waals surface area contributed by atoms with Gasteiger partial charge in [0.25, 0.3) is 0 Å². The lowest BCUT2D eigenvalue weighted by molar-refractivity contribution is 0.269. The largest absolute Gasteiger partial charge is 0.485 e. The van der Waals surface area contributed by atoms with Gasteiger partial charge in [0, 0.05) is 74.8 Å². The minimum Gasteiger partial charge on any atom is -0.485 e. The van der Waals surface area contributed by atoms with Gasteiger partial charge < -0.3 is 4.74 Å². The van der Waals surface area contributed by atoms with E-state index in [1.165, 1.54) is 51.3 Å². The monoisotopic (exact) mass is 600 g/mol. The summed E-state index contributed by atoms with van der Waals surface area (Å²) in [5.41, 5.74) is 3.43. The van der Waals surface area contributed by atoms with Crippen LogP contribution in [-0.2, 0) is 0 Å². The lowest BCUT2D eigenvalue weighted by atomic mass is 9.89. The Bertz CT molecular complexity index is 2410. The minimum atomic E-state index is 0.0388. The molecule has 4 heterocycles. The highest BCUT2D eigenvalue weighted by Gasteiger charge is 2.34. The predicted molar refractivity (Wildman–Crippen MR) is 188 cm³/mol. The smallest absolute Gasteiger partial charge is 0.145 e. The van der Waals surface area contributed by atoms with Crippen molar-refractivity contribution < 1.29 is 4.74 Å². The number of thiophene rings is 2. The van der Waals surface area contributed by atoms with Gasteiger partial charge in [-0.25, -0.2) is 4.98 Å². The molecule has 3 aromatic heterocycles. The first-order valence-corrected chi connectivity index (χ1v) is 16.5. The molecule has 208 valence electrons. The number of aromatic nitrogens is 1. The van der Waals surface area contributed by atoms with E-state index in [4.69, 9.17) is 9.72 Å². The lowest BCUT2D eigenvalue weighted by Crippen LogP contribution is -2.15. The maximum Gasteiger partial charge on any atom is 0.145 e. The van der Waals surface area contributed by atoms with Crippen molar-refractivity contribution in [1.82, 2.24) is 4.98 Å². The number of benzene rings is 5. The number of rotatable bonds is 3. The van der Waals surface area contributed by atoms with Crippen LogP contribution in [0.2, 0.25) is 0 Å². The Balaban J connectivity index is 1.25. The van der Waals surface area contributed by atoms with E-state index in [2.05, 4.69) is 132 Å². The van der Waals surface area contributed by atoms with Gasteiger partial charge in [-0.1, -0.05) is 54.6 Å². The van der Waals surface area contributed by atoms with E-state index >= 15 is 0 Å². The zero-order valence-electron chi connectivity index (χ0n) is 23.5. The molecule has 10 rings (SSSR count). The van der Waals surface area contributed by atoms with E-state index in [-0.39, 0.29) is 12.0 Å². The van der Waals surface area contributed by atoms with Gasteiger partial charge >= 0.3 is 0 Å². The fourth-order valence-electron chi connectivity index (χ4n) is 7.07. The van der Waals surface area contributed by atoms with Crippen molar-refractivity contribution in [2.75, 3.05) is 4.90 Å². The Morgan fingerprint density at radius 2 is 1.20 bits per heavy atom. The molecule has 2 atom stereocenters. The van der Waals surface area contributed by atoms with Gasteiger partial charge in [0.05, 0.1) is 0 Å². The maximum absolute atomic E-state index is 6.38. The van der Waals surface area contributed by atoms with Gasteiger partial charge in [-0.05, 0) is 78.2 Å². The van der Waals surface area contributed by atoms with Gasteiger partial charge in [-0.3, -0.25) is 4.90 Å². The molecule has 5 aromatic carbocycles. The highest BCUT2D eigenvalue weighted by molar-refractivity contribution is 7.26. The number of hydrogen-bond donors (Lipinski definition) is 0. The Morgan fingerprint density at radius 1 is 0.568 bits per heavy atom. The van der Waals surface area contributed by atoms with Crippen LogP contribution in [0, 0.1) is 0 Å². The fraction of sp³-hybridized carbons (Fsp3) is 0.0513. The van der Waals surface area contributed by atoms with Crippen LogP contribution in [0.4, 0.5) is 17.2 Å². The Morgan fingerprint density at radius 3 is 1.91 bits per heavy atom. The van der Waals surface area contributed by atoms with Crippen molar-refractivity contribution in [1.29, 1.82) is 0 Å². The standard InChI is InChI=1S/C39H24N2OS2/c1-4-10-32-29(9-1)38-27-19-20-40-39(28(27)15-16-33(38)42-32)41(23-13-17-36-30(21-23)25-7-2-5-11-34(25)43-36)24-14-18-37-31(22-24)26-8-3-6-12-35(26)44-37/h1-22,29,32H. The number of anilines is 3. The Hall–Kier alpha value is -4.97. The highest BCUT2D eigenvalue weighted by atomic mass is 32.1. The van der Waals surface area contributed by atoms with Crippen LogP contribution in [0.15, 0.2) is 134 Å². The zero-order valence-corrected chi connectivity index (χ0v) is 25.1. The van der Waals surface area contributed by atoms with E-state index in [1.807, 2.05) is 28.9 Å². The summed E-state index contributed by atoms with van der Waals surface area (Å²) >= 11 is 3.69. The van der Waals surface area contributed by atoms with E-state index in [0.717, 1.165) is 28.3 Å². The van der Waals surface area contributed by atoms with E-state index in [0.29, 0.717) is 0 Å². The number of pyridine rings is 1. The molecule has 0 bridgehead atoms. The van der Waals surface area contributed by atoms with Crippen molar-refractivity contribution in [2.24, 2.45) is 0 Å². The number of ether oxygens (including phenoxy) is 1. The molecule has 0 saturated heterocycles. The van der Waals surface area contributed by atoms with Crippen LogP contribution < -0.4 is 9.64 Å².